The Labute approximate surface area is 158 Å². The summed E-state index contributed by atoms with van der Waals surface area (Å²) in [7, 11) is 0. The Balaban J connectivity index is 0.000000380. The number of hydrogen-bond acceptors (Lipinski definition) is 4. The summed E-state index contributed by atoms with van der Waals surface area (Å²) in [4.78, 5) is 23.2. The molecule has 1 saturated heterocycles. The topological polar surface area (TPSA) is 81.1 Å². The van der Waals surface area contributed by atoms with Gasteiger partial charge in [-0.25, -0.2) is 14.0 Å². The van der Waals surface area contributed by atoms with Gasteiger partial charge >= 0.3 is 11.9 Å². The van der Waals surface area contributed by atoms with Gasteiger partial charge in [-0.15, -0.1) is 0 Å². The van der Waals surface area contributed by atoms with Crippen LogP contribution in [0.1, 0.15) is 24.8 Å². The Hall–Kier alpha value is -2.25. The molecule has 6 nitrogen and oxygen atoms in total. The van der Waals surface area contributed by atoms with Crippen LogP contribution in [0.2, 0.25) is 0 Å². The predicted molar refractivity (Wildman–Crippen MR) is 99.9 cm³/mol. The average Bonchev–Trinajstić information content (AvgIpc) is 2.66. The number of allylic oxidation sites excluding steroid dienone is 2. The maximum absolute atomic E-state index is 13.7. The lowest BCUT2D eigenvalue weighted by atomic mass is 9.94. The van der Waals surface area contributed by atoms with E-state index in [2.05, 4.69) is 22.0 Å². The van der Waals surface area contributed by atoms with Crippen LogP contribution in [0.4, 0.5) is 4.39 Å². The third kappa shape index (κ3) is 7.48. The molecule has 0 aromatic heterocycles. The van der Waals surface area contributed by atoms with Crippen molar-refractivity contribution < 1.29 is 24.2 Å². The van der Waals surface area contributed by atoms with E-state index < -0.39 is 11.9 Å². The molecule has 1 aliphatic carbocycles. The third-order valence-corrected chi connectivity index (χ3v) is 4.89. The predicted octanol–water partition coefficient (Wildman–Crippen LogP) is 2.46. The molecular formula is C20H27FN2O4. The van der Waals surface area contributed by atoms with Gasteiger partial charge in [0.1, 0.15) is 5.82 Å². The zero-order valence-electron chi connectivity index (χ0n) is 15.4. The van der Waals surface area contributed by atoms with E-state index in [0.29, 0.717) is 0 Å². The molecule has 0 saturated carbocycles. The molecule has 2 aliphatic rings. The van der Waals surface area contributed by atoms with Crippen molar-refractivity contribution in [3.8, 4) is 0 Å². The molecule has 0 spiro atoms. The van der Waals surface area contributed by atoms with Crippen molar-refractivity contribution in [2.45, 2.75) is 25.8 Å². The van der Waals surface area contributed by atoms with Gasteiger partial charge in [0.05, 0.1) is 0 Å². The first-order valence-electron chi connectivity index (χ1n) is 9.25. The number of aliphatic carboxylic acids is 2. The summed E-state index contributed by atoms with van der Waals surface area (Å²) in [6.07, 6.45) is 8.48. The molecule has 1 unspecified atom stereocenters. The average molecular weight is 378 g/mol. The zero-order valence-corrected chi connectivity index (χ0v) is 15.4. The first kappa shape index (κ1) is 21.1. The molecule has 0 radical (unpaired) electrons. The molecule has 7 heteroatoms. The molecule has 0 amide bonds. The van der Waals surface area contributed by atoms with Crippen molar-refractivity contribution in [3.63, 3.8) is 0 Å². The highest BCUT2D eigenvalue weighted by atomic mass is 19.1. The van der Waals surface area contributed by atoms with Gasteiger partial charge in [0.2, 0.25) is 0 Å². The van der Waals surface area contributed by atoms with Crippen LogP contribution >= 0.6 is 0 Å². The van der Waals surface area contributed by atoms with Crippen molar-refractivity contribution >= 4 is 11.9 Å². The summed E-state index contributed by atoms with van der Waals surface area (Å²) in [6.45, 7) is 6.32. The lowest BCUT2D eigenvalue weighted by Crippen LogP contribution is -2.47. The van der Waals surface area contributed by atoms with Gasteiger partial charge in [0.15, 0.2) is 0 Å². The highest BCUT2D eigenvalue weighted by Crippen LogP contribution is 2.20. The van der Waals surface area contributed by atoms with Gasteiger partial charge in [0.25, 0.3) is 0 Å². The normalized spacial score (nSPS) is 20.6. The highest BCUT2D eigenvalue weighted by molar-refractivity contribution is 6.27. The number of carbonyl (C=O) groups is 2. The minimum Gasteiger partial charge on any atom is -0.473 e. The molecule has 1 fully saturated rings. The Morgan fingerprint density at radius 2 is 1.63 bits per heavy atom. The number of carboxylic acid groups (broad SMARTS) is 2. The molecule has 3 rings (SSSR count). The fourth-order valence-electron chi connectivity index (χ4n) is 3.38. The Morgan fingerprint density at radius 1 is 1.00 bits per heavy atom. The Bertz CT molecular complexity index is 645. The minimum atomic E-state index is -1.82. The fourth-order valence-corrected chi connectivity index (χ4v) is 3.38. The molecular weight excluding hydrogens is 351 g/mol. The molecule has 148 valence electrons. The largest absolute Gasteiger partial charge is 0.473 e. The molecule has 1 aromatic rings. The second-order valence-electron chi connectivity index (χ2n) is 6.93. The summed E-state index contributed by atoms with van der Waals surface area (Å²) >= 11 is 0. The first-order chi connectivity index (χ1) is 13.0. The zero-order chi connectivity index (χ0) is 19.6. The molecule has 0 bridgehead atoms. The van der Waals surface area contributed by atoms with Gasteiger partial charge in [-0.3, -0.25) is 4.90 Å². The summed E-state index contributed by atoms with van der Waals surface area (Å²) in [5.74, 6) is -2.88. The van der Waals surface area contributed by atoms with Crippen molar-refractivity contribution in [1.29, 1.82) is 0 Å². The van der Waals surface area contributed by atoms with E-state index in [-0.39, 0.29) is 5.82 Å². The summed E-state index contributed by atoms with van der Waals surface area (Å²) in [5.41, 5.74) is 0.823. The molecule has 27 heavy (non-hydrogen) atoms. The van der Waals surface area contributed by atoms with Crippen molar-refractivity contribution in [1.82, 2.24) is 9.80 Å². The molecule has 1 aromatic carbocycles. The second-order valence-corrected chi connectivity index (χ2v) is 6.93. The summed E-state index contributed by atoms with van der Waals surface area (Å²) in [5, 5.41) is 14.8. The molecule has 2 N–H and O–H groups in total. The highest BCUT2D eigenvalue weighted by Gasteiger charge is 2.20. The van der Waals surface area contributed by atoms with Crippen LogP contribution in [0.25, 0.3) is 0 Å². The van der Waals surface area contributed by atoms with E-state index in [9.17, 15) is 4.39 Å². The quantitative estimate of drug-likeness (QED) is 0.619. The van der Waals surface area contributed by atoms with E-state index in [1.165, 1.54) is 25.8 Å². The lowest BCUT2D eigenvalue weighted by Gasteiger charge is -2.36. The molecule has 1 aliphatic heterocycles. The van der Waals surface area contributed by atoms with Crippen LogP contribution in [-0.4, -0.2) is 64.7 Å². The smallest absolute Gasteiger partial charge is 0.414 e. The summed E-state index contributed by atoms with van der Waals surface area (Å²) in [6, 6.07) is 7.14. The van der Waals surface area contributed by atoms with Crippen LogP contribution < -0.4 is 0 Å². The monoisotopic (exact) mass is 378 g/mol. The van der Waals surface area contributed by atoms with Crippen LogP contribution in [0.15, 0.2) is 36.4 Å². The van der Waals surface area contributed by atoms with Crippen molar-refractivity contribution in [3.05, 3.63) is 47.8 Å². The van der Waals surface area contributed by atoms with Crippen LogP contribution in [0, 0.1) is 11.7 Å². The molecule has 1 heterocycles. The Kier molecular flexibility index (Phi) is 8.42. The maximum atomic E-state index is 13.7. The van der Waals surface area contributed by atoms with Gasteiger partial charge in [-0.05, 0) is 31.2 Å². The lowest BCUT2D eigenvalue weighted by molar-refractivity contribution is -0.159. The van der Waals surface area contributed by atoms with E-state index in [4.69, 9.17) is 19.8 Å². The minimum absolute atomic E-state index is 0.0751. The number of piperazine rings is 1. The maximum Gasteiger partial charge on any atom is 0.414 e. The van der Waals surface area contributed by atoms with Crippen molar-refractivity contribution in [2.75, 3.05) is 32.7 Å². The van der Waals surface area contributed by atoms with E-state index >= 15 is 0 Å². The SMILES string of the molecule is Fc1ccccc1CN1CCN(CC2CC=CCC2)CC1.O=C(O)C(=O)O. The number of benzene rings is 1. The fraction of sp³-hybridized carbons (Fsp3) is 0.500. The number of rotatable bonds is 4. The van der Waals surface area contributed by atoms with Crippen LogP contribution in [0.3, 0.4) is 0 Å². The van der Waals surface area contributed by atoms with E-state index in [0.717, 1.165) is 44.2 Å². The van der Waals surface area contributed by atoms with E-state index in [1.807, 2.05) is 12.1 Å². The van der Waals surface area contributed by atoms with Gasteiger partial charge in [0, 0.05) is 44.8 Å². The van der Waals surface area contributed by atoms with Crippen LogP contribution in [0.5, 0.6) is 0 Å². The third-order valence-electron chi connectivity index (χ3n) is 4.89. The number of carboxylic acids is 2. The second kappa shape index (κ2) is 10.8. The Morgan fingerprint density at radius 3 is 2.19 bits per heavy atom. The summed E-state index contributed by atoms with van der Waals surface area (Å²) < 4.78 is 13.7. The van der Waals surface area contributed by atoms with E-state index in [1.54, 1.807) is 12.1 Å². The number of nitrogens with zero attached hydrogens (tertiary/aromatic N) is 2. The number of hydrogen-bond donors (Lipinski definition) is 2. The van der Waals surface area contributed by atoms with Gasteiger partial charge in [-0.2, -0.15) is 0 Å². The first-order valence-corrected chi connectivity index (χ1v) is 9.25. The van der Waals surface area contributed by atoms with Gasteiger partial charge < -0.3 is 15.1 Å². The molecule has 1 atom stereocenters. The van der Waals surface area contributed by atoms with Crippen LogP contribution in [-0.2, 0) is 16.1 Å². The standard InChI is InChI=1S/C18H25FN2.C2H2O4/c19-18-9-5-4-8-17(18)15-21-12-10-20(11-13-21)14-16-6-2-1-3-7-16;3-1(4)2(5)6/h1-2,4-5,8-9,16H,3,6-7,10-15H2;(H,3,4)(H,5,6). The van der Waals surface area contributed by atoms with Crippen molar-refractivity contribution in [2.24, 2.45) is 5.92 Å². The van der Waals surface area contributed by atoms with Gasteiger partial charge in [-0.1, -0.05) is 30.4 Å². The number of halogens is 1.